The fourth-order valence-electron chi connectivity index (χ4n) is 1.11. The van der Waals surface area contributed by atoms with Gasteiger partial charge in [-0.1, -0.05) is 0 Å². The first-order valence-electron chi connectivity index (χ1n) is 4.71. The molecule has 1 aliphatic rings. The van der Waals surface area contributed by atoms with E-state index in [4.69, 9.17) is 23.4 Å². The van der Waals surface area contributed by atoms with Gasteiger partial charge in [0.15, 0.2) is 0 Å². The van der Waals surface area contributed by atoms with Crippen molar-refractivity contribution in [2.45, 2.75) is 0 Å². The maximum absolute atomic E-state index is 5.48. The first-order valence-corrected chi connectivity index (χ1v) is 6.34. The fourth-order valence-corrected chi connectivity index (χ4v) is 2.78. The van der Waals surface area contributed by atoms with Crippen LogP contribution in [0.1, 0.15) is 0 Å². The van der Waals surface area contributed by atoms with Crippen LogP contribution < -0.4 is 11.1 Å². The number of hydrogen-bond donors (Lipinski definition) is 2. The van der Waals surface area contributed by atoms with Crippen molar-refractivity contribution in [3.8, 4) is 0 Å². The number of hydrogen-bond acceptors (Lipinski definition) is 6. The van der Waals surface area contributed by atoms with Crippen LogP contribution in [0, 0.1) is 0 Å². The largest absolute Gasteiger partial charge is 0.679 e. The number of nitrogens with two attached hydrogens (primary N) is 1. The van der Waals surface area contributed by atoms with E-state index in [-0.39, 0.29) is 0 Å². The van der Waals surface area contributed by atoms with Gasteiger partial charge in [0.1, 0.15) is 0 Å². The zero-order valence-electron chi connectivity index (χ0n) is 8.45. The Morgan fingerprint density at radius 3 is 2.50 bits per heavy atom. The van der Waals surface area contributed by atoms with Crippen LogP contribution in [0.2, 0.25) is 0 Å². The highest BCUT2D eigenvalue weighted by Crippen LogP contribution is 2.10. The van der Waals surface area contributed by atoms with E-state index >= 15 is 0 Å². The predicted molar refractivity (Wildman–Crippen MR) is 52.5 cm³/mol. The molecule has 14 heavy (non-hydrogen) atoms. The van der Waals surface area contributed by atoms with Gasteiger partial charge in [-0.2, -0.15) is 0 Å². The quantitative estimate of drug-likeness (QED) is 0.575. The van der Waals surface area contributed by atoms with Crippen molar-refractivity contribution >= 4 is 9.05 Å². The zero-order chi connectivity index (χ0) is 10.3. The summed E-state index contributed by atoms with van der Waals surface area (Å²) >= 11 is 0. The van der Waals surface area contributed by atoms with Gasteiger partial charge in [0.05, 0.1) is 19.8 Å². The van der Waals surface area contributed by atoms with E-state index in [1.807, 2.05) is 0 Å². The normalized spacial score (nSPS) is 22.7. The van der Waals surface area contributed by atoms with Crippen molar-refractivity contribution in [3.05, 3.63) is 0 Å². The minimum absolute atomic E-state index is 0.396. The summed E-state index contributed by atoms with van der Waals surface area (Å²) in [5, 5.41) is 3.14. The van der Waals surface area contributed by atoms with Gasteiger partial charge in [-0.05, 0) is 0 Å². The molecule has 0 radical (unpaired) electrons. The Kier molecular flexibility index (Phi) is 5.56. The highest BCUT2D eigenvalue weighted by atomic mass is 28.4. The molecule has 7 heteroatoms. The lowest BCUT2D eigenvalue weighted by molar-refractivity contribution is -0.0258. The molecule has 0 unspecified atom stereocenters. The van der Waals surface area contributed by atoms with Gasteiger partial charge >= 0.3 is 9.05 Å². The van der Waals surface area contributed by atoms with E-state index in [0.29, 0.717) is 26.4 Å². The third kappa shape index (κ3) is 3.62. The molecule has 0 aromatic rings. The molecule has 1 rings (SSSR count). The van der Waals surface area contributed by atoms with Crippen LogP contribution in [-0.2, 0) is 17.7 Å². The average Bonchev–Trinajstić information content (AvgIpc) is 2.18. The lowest BCUT2D eigenvalue weighted by Gasteiger charge is -2.28. The summed E-state index contributed by atoms with van der Waals surface area (Å²) in [4.78, 5) is 0. The minimum Gasteiger partial charge on any atom is -0.355 e. The standard InChI is InChI=1S/C7H18N2O4Si/c1-10-14(11-5-2-8)12-6-3-9-4-7-13-14/h9H,2-8H2,1H3. The summed E-state index contributed by atoms with van der Waals surface area (Å²) in [7, 11) is -1.34. The first kappa shape index (κ1) is 12.0. The molecule has 0 spiro atoms. The maximum atomic E-state index is 5.48. The van der Waals surface area contributed by atoms with Crippen molar-refractivity contribution in [1.29, 1.82) is 0 Å². The molecule has 0 amide bonds. The second kappa shape index (κ2) is 6.46. The third-order valence-electron chi connectivity index (χ3n) is 1.76. The summed E-state index contributed by atoms with van der Waals surface area (Å²) < 4.78 is 21.6. The van der Waals surface area contributed by atoms with Crippen molar-refractivity contribution in [2.24, 2.45) is 5.73 Å². The summed E-state index contributed by atoms with van der Waals surface area (Å²) in [6.45, 7) is 3.47. The molecule has 1 aliphatic heterocycles. The van der Waals surface area contributed by atoms with Crippen molar-refractivity contribution in [2.75, 3.05) is 46.6 Å². The molecular formula is C7H18N2O4Si. The topological polar surface area (TPSA) is 75.0 Å². The van der Waals surface area contributed by atoms with Crippen LogP contribution in [0.15, 0.2) is 0 Å². The zero-order valence-corrected chi connectivity index (χ0v) is 9.45. The van der Waals surface area contributed by atoms with Crippen molar-refractivity contribution in [1.82, 2.24) is 5.32 Å². The first-order chi connectivity index (χ1) is 6.83. The van der Waals surface area contributed by atoms with Gasteiger partial charge in [-0.3, -0.25) is 0 Å². The lowest BCUT2D eigenvalue weighted by Crippen LogP contribution is -2.52. The summed E-state index contributed by atoms with van der Waals surface area (Å²) in [5.74, 6) is 0. The molecule has 0 atom stereocenters. The Balaban J connectivity index is 2.44. The summed E-state index contributed by atoms with van der Waals surface area (Å²) in [6, 6.07) is 0. The van der Waals surface area contributed by atoms with Gasteiger partial charge < -0.3 is 28.8 Å². The molecular weight excluding hydrogens is 204 g/mol. The third-order valence-corrected chi connectivity index (χ3v) is 3.94. The van der Waals surface area contributed by atoms with Crippen LogP contribution in [0.4, 0.5) is 0 Å². The van der Waals surface area contributed by atoms with Crippen LogP contribution in [0.3, 0.4) is 0 Å². The van der Waals surface area contributed by atoms with E-state index < -0.39 is 9.05 Å². The Hall–Kier alpha value is -0.0231. The fraction of sp³-hybridized carbons (Fsp3) is 1.00. The Morgan fingerprint density at radius 2 is 2.00 bits per heavy atom. The highest BCUT2D eigenvalue weighted by Gasteiger charge is 2.44. The van der Waals surface area contributed by atoms with E-state index in [1.165, 1.54) is 7.11 Å². The van der Waals surface area contributed by atoms with Crippen molar-refractivity contribution < 1.29 is 17.7 Å². The molecule has 1 fully saturated rings. The SMILES string of the molecule is CO[Si]1(OCCN)OCCNCCO1. The van der Waals surface area contributed by atoms with E-state index in [2.05, 4.69) is 5.32 Å². The smallest absolute Gasteiger partial charge is 0.355 e. The molecule has 0 bridgehead atoms. The second-order valence-electron chi connectivity index (χ2n) is 2.79. The van der Waals surface area contributed by atoms with E-state index in [1.54, 1.807) is 0 Å². The maximum Gasteiger partial charge on any atom is 0.679 e. The van der Waals surface area contributed by atoms with Crippen LogP contribution in [0.5, 0.6) is 0 Å². The molecule has 3 N–H and O–H groups in total. The molecule has 1 saturated heterocycles. The molecule has 6 nitrogen and oxygen atoms in total. The Bertz CT molecular complexity index is 147. The van der Waals surface area contributed by atoms with E-state index in [0.717, 1.165) is 13.1 Å². The minimum atomic E-state index is -2.88. The summed E-state index contributed by atoms with van der Waals surface area (Å²) in [5.41, 5.74) is 5.35. The van der Waals surface area contributed by atoms with Gasteiger partial charge in [-0.15, -0.1) is 0 Å². The predicted octanol–water partition coefficient (Wildman–Crippen LogP) is -1.32. The van der Waals surface area contributed by atoms with Crippen molar-refractivity contribution in [3.63, 3.8) is 0 Å². The summed E-state index contributed by atoms with van der Waals surface area (Å²) in [6.07, 6.45) is 0. The average molecular weight is 222 g/mol. The lowest BCUT2D eigenvalue weighted by atomic mass is 10.6. The molecule has 1 heterocycles. The highest BCUT2D eigenvalue weighted by molar-refractivity contribution is 6.53. The number of rotatable bonds is 4. The second-order valence-corrected chi connectivity index (χ2v) is 5.06. The molecule has 0 saturated carbocycles. The van der Waals surface area contributed by atoms with Gasteiger partial charge in [0, 0.05) is 26.7 Å². The molecule has 0 aromatic heterocycles. The Labute approximate surface area is 85.1 Å². The van der Waals surface area contributed by atoms with Gasteiger partial charge in [0.25, 0.3) is 0 Å². The Morgan fingerprint density at radius 1 is 1.36 bits per heavy atom. The van der Waals surface area contributed by atoms with Gasteiger partial charge in [0.2, 0.25) is 0 Å². The monoisotopic (exact) mass is 222 g/mol. The number of nitrogens with one attached hydrogen (secondary N) is 1. The molecule has 0 aliphatic carbocycles. The van der Waals surface area contributed by atoms with Gasteiger partial charge in [-0.25, -0.2) is 0 Å². The molecule has 0 aromatic carbocycles. The van der Waals surface area contributed by atoms with Crippen LogP contribution in [-0.4, -0.2) is 55.6 Å². The van der Waals surface area contributed by atoms with Crippen LogP contribution in [0.25, 0.3) is 0 Å². The van der Waals surface area contributed by atoms with Crippen LogP contribution >= 0.6 is 0 Å². The molecule has 84 valence electrons. The van der Waals surface area contributed by atoms with E-state index in [9.17, 15) is 0 Å².